The van der Waals surface area contributed by atoms with Crippen LogP contribution in [-0.2, 0) is 10.0 Å². The summed E-state index contributed by atoms with van der Waals surface area (Å²) in [6, 6.07) is 2.61. The lowest BCUT2D eigenvalue weighted by Gasteiger charge is -2.35. The Morgan fingerprint density at radius 3 is 2.71 bits per heavy atom. The van der Waals surface area contributed by atoms with Crippen LogP contribution in [0.5, 0.6) is 0 Å². The monoisotopic (exact) mass is 315 g/mol. The molecule has 21 heavy (non-hydrogen) atoms. The van der Waals surface area contributed by atoms with E-state index < -0.39 is 15.8 Å². The summed E-state index contributed by atoms with van der Waals surface area (Å²) in [6.07, 6.45) is 1.48. The average Bonchev–Trinajstić information content (AvgIpc) is 2.37. The first-order chi connectivity index (χ1) is 9.70. The van der Waals surface area contributed by atoms with Crippen LogP contribution in [0.15, 0.2) is 17.0 Å². The molecule has 1 aromatic carbocycles. The SMILES string of the molecule is Cc1c(F)cc(N)cc1S(=O)(=O)NC1CCN(C)C(C)C1. The molecule has 1 aliphatic rings. The molecule has 1 fully saturated rings. The van der Waals surface area contributed by atoms with Gasteiger partial charge in [-0.25, -0.2) is 17.5 Å². The van der Waals surface area contributed by atoms with E-state index in [-0.39, 0.29) is 22.2 Å². The van der Waals surface area contributed by atoms with Gasteiger partial charge in [0.15, 0.2) is 0 Å². The Bertz CT molecular complexity index is 633. The fraction of sp³-hybridized carbons (Fsp3) is 0.571. The molecule has 0 saturated carbocycles. The first kappa shape index (κ1) is 16.2. The molecule has 7 heteroatoms. The topological polar surface area (TPSA) is 75.4 Å². The van der Waals surface area contributed by atoms with Gasteiger partial charge in [0.05, 0.1) is 4.90 Å². The lowest BCUT2D eigenvalue weighted by atomic mass is 10.0. The van der Waals surface area contributed by atoms with Crippen molar-refractivity contribution < 1.29 is 12.8 Å². The van der Waals surface area contributed by atoms with Crippen LogP contribution in [0.25, 0.3) is 0 Å². The molecule has 0 radical (unpaired) electrons. The molecular formula is C14H22FN3O2S. The van der Waals surface area contributed by atoms with Crippen molar-refractivity contribution in [3.63, 3.8) is 0 Å². The van der Waals surface area contributed by atoms with Crippen molar-refractivity contribution in [2.75, 3.05) is 19.3 Å². The summed E-state index contributed by atoms with van der Waals surface area (Å²) in [5, 5.41) is 0. The number of nitrogen functional groups attached to an aromatic ring is 1. The lowest BCUT2D eigenvalue weighted by molar-refractivity contribution is 0.178. The number of nitrogens with zero attached hydrogens (tertiary/aromatic N) is 1. The van der Waals surface area contributed by atoms with Gasteiger partial charge in [0.2, 0.25) is 10.0 Å². The highest BCUT2D eigenvalue weighted by Crippen LogP contribution is 2.23. The molecule has 3 N–H and O–H groups in total. The maximum Gasteiger partial charge on any atom is 0.241 e. The Morgan fingerprint density at radius 2 is 2.10 bits per heavy atom. The van der Waals surface area contributed by atoms with Crippen LogP contribution >= 0.6 is 0 Å². The minimum Gasteiger partial charge on any atom is -0.399 e. The summed E-state index contributed by atoms with van der Waals surface area (Å²) in [5.74, 6) is -0.605. The number of likely N-dealkylation sites (tertiary alicyclic amines) is 1. The zero-order valence-electron chi connectivity index (χ0n) is 12.6. The van der Waals surface area contributed by atoms with E-state index in [2.05, 4.69) is 16.5 Å². The first-order valence-electron chi connectivity index (χ1n) is 6.99. The highest BCUT2D eigenvalue weighted by Gasteiger charge is 2.28. The van der Waals surface area contributed by atoms with Crippen LogP contribution in [0.3, 0.4) is 0 Å². The number of sulfonamides is 1. The second kappa shape index (κ2) is 5.90. The van der Waals surface area contributed by atoms with Crippen molar-refractivity contribution in [1.82, 2.24) is 9.62 Å². The molecule has 0 aromatic heterocycles. The van der Waals surface area contributed by atoms with E-state index in [4.69, 9.17) is 5.73 Å². The summed E-state index contributed by atoms with van der Waals surface area (Å²) in [5.41, 5.74) is 5.76. The summed E-state index contributed by atoms with van der Waals surface area (Å²) in [4.78, 5) is 2.11. The second-order valence-corrected chi connectivity index (χ2v) is 7.48. The van der Waals surface area contributed by atoms with Crippen LogP contribution in [0.2, 0.25) is 0 Å². The molecule has 0 bridgehead atoms. The largest absolute Gasteiger partial charge is 0.399 e. The van der Waals surface area contributed by atoms with E-state index in [0.717, 1.165) is 25.5 Å². The standard InChI is InChI=1S/C14H22FN3O2S/c1-9-6-12(4-5-18(9)3)17-21(19,20)14-8-11(16)7-13(15)10(14)2/h7-9,12,17H,4-6,16H2,1-3H3. The zero-order chi connectivity index (χ0) is 15.8. The van der Waals surface area contributed by atoms with Crippen LogP contribution in [0.1, 0.15) is 25.3 Å². The van der Waals surface area contributed by atoms with Gasteiger partial charge in [0.1, 0.15) is 5.82 Å². The summed E-state index contributed by atoms with van der Waals surface area (Å²) in [6.45, 7) is 4.34. The molecule has 5 nitrogen and oxygen atoms in total. The summed E-state index contributed by atoms with van der Waals surface area (Å²) >= 11 is 0. The number of nitrogens with one attached hydrogen (secondary N) is 1. The van der Waals surface area contributed by atoms with Gasteiger partial charge in [-0.15, -0.1) is 0 Å². The molecule has 118 valence electrons. The molecule has 0 amide bonds. The predicted molar refractivity (Wildman–Crippen MR) is 81.0 cm³/mol. The number of piperidine rings is 1. The Morgan fingerprint density at radius 1 is 1.43 bits per heavy atom. The molecule has 2 atom stereocenters. The van der Waals surface area contributed by atoms with Crippen molar-refractivity contribution >= 4 is 15.7 Å². The summed E-state index contributed by atoms with van der Waals surface area (Å²) < 4.78 is 41.3. The molecule has 0 aliphatic carbocycles. The van der Waals surface area contributed by atoms with E-state index >= 15 is 0 Å². The Balaban J connectivity index is 2.23. The smallest absolute Gasteiger partial charge is 0.241 e. The lowest BCUT2D eigenvalue weighted by Crippen LogP contribution is -2.47. The van der Waals surface area contributed by atoms with E-state index in [1.165, 1.54) is 13.0 Å². The fourth-order valence-electron chi connectivity index (χ4n) is 2.63. The van der Waals surface area contributed by atoms with Gasteiger partial charge in [-0.05, 0) is 52.4 Å². The third kappa shape index (κ3) is 3.53. The fourth-order valence-corrected chi connectivity index (χ4v) is 4.20. The molecule has 1 aromatic rings. The van der Waals surface area contributed by atoms with Crippen molar-refractivity contribution in [3.8, 4) is 0 Å². The minimum atomic E-state index is -3.77. The maximum atomic E-state index is 13.7. The number of halogens is 1. The predicted octanol–water partition coefficient (Wildman–Crippen LogP) is 1.48. The second-order valence-electron chi connectivity index (χ2n) is 5.80. The Hall–Kier alpha value is -1.18. The molecule has 0 spiro atoms. The summed E-state index contributed by atoms with van der Waals surface area (Å²) in [7, 11) is -1.74. The van der Waals surface area contributed by atoms with Crippen molar-refractivity contribution in [1.29, 1.82) is 0 Å². The number of anilines is 1. The molecule has 1 heterocycles. The van der Waals surface area contributed by atoms with E-state index in [1.54, 1.807) is 0 Å². The van der Waals surface area contributed by atoms with Gasteiger partial charge in [0, 0.05) is 23.3 Å². The van der Waals surface area contributed by atoms with Gasteiger partial charge in [-0.1, -0.05) is 0 Å². The molecule has 1 aliphatic heterocycles. The molecule has 2 rings (SSSR count). The molecule has 2 unspecified atom stereocenters. The van der Waals surface area contributed by atoms with Crippen molar-refractivity contribution in [2.45, 2.75) is 43.7 Å². The quantitative estimate of drug-likeness (QED) is 0.829. The van der Waals surface area contributed by atoms with Gasteiger partial charge >= 0.3 is 0 Å². The van der Waals surface area contributed by atoms with Gasteiger partial charge in [-0.3, -0.25) is 0 Å². The van der Waals surface area contributed by atoms with E-state index in [0.29, 0.717) is 6.04 Å². The number of benzene rings is 1. The van der Waals surface area contributed by atoms with Crippen molar-refractivity contribution in [3.05, 3.63) is 23.5 Å². The highest BCUT2D eigenvalue weighted by molar-refractivity contribution is 7.89. The third-order valence-corrected chi connectivity index (χ3v) is 5.79. The molecule has 1 saturated heterocycles. The van der Waals surface area contributed by atoms with Crippen LogP contribution in [0, 0.1) is 12.7 Å². The Kier molecular flexibility index (Phi) is 4.55. The average molecular weight is 315 g/mol. The first-order valence-corrected chi connectivity index (χ1v) is 8.47. The molecular weight excluding hydrogens is 293 g/mol. The van der Waals surface area contributed by atoms with Crippen molar-refractivity contribution in [2.24, 2.45) is 0 Å². The van der Waals surface area contributed by atoms with Crippen LogP contribution in [0.4, 0.5) is 10.1 Å². The minimum absolute atomic E-state index is 0.0772. The zero-order valence-corrected chi connectivity index (χ0v) is 13.4. The Labute approximate surface area is 125 Å². The highest BCUT2D eigenvalue weighted by atomic mass is 32.2. The number of hydrogen-bond donors (Lipinski definition) is 2. The van der Waals surface area contributed by atoms with E-state index in [9.17, 15) is 12.8 Å². The number of hydrogen-bond acceptors (Lipinski definition) is 4. The van der Waals surface area contributed by atoms with Gasteiger partial charge < -0.3 is 10.6 Å². The number of rotatable bonds is 3. The third-order valence-electron chi connectivity index (χ3n) is 4.14. The van der Waals surface area contributed by atoms with Gasteiger partial charge in [-0.2, -0.15) is 0 Å². The maximum absolute atomic E-state index is 13.7. The normalized spacial score (nSPS) is 24.2. The van der Waals surface area contributed by atoms with Crippen LogP contribution < -0.4 is 10.5 Å². The number of nitrogens with two attached hydrogens (primary N) is 1. The van der Waals surface area contributed by atoms with Crippen LogP contribution in [-0.4, -0.2) is 39.0 Å². The van der Waals surface area contributed by atoms with E-state index in [1.807, 2.05) is 7.05 Å². The van der Waals surface area contributed by atoms with Gasteiger partial charge in [0.25, 0.3) is 0 Å².